The van der Waals surface area contributed by atoms with Crippen LogP contribution in [0.25, 0.3) is 67.5 Å². The Morgan fingerprint density at radius 2 is 0.793 bits per heavy atom. The molecule has 5 heteroatoms. The summed E-state index contributed by atoms with van der Waals surface area (Å²) >= 11 is 0. The molecule has 1 spiro atoms. The Kier molecular flexibility index (Phi) is 7.70. The molecule has 0 fully saturated rings. The Labute approximate surface area is 336 Å². The van der Waals surface area contributed by atoms with E-state index in [1.807, 2.05) is 97.1 Å². The van der Waals surface area contributed by atoms with Crippen molar-refractivity contribution in [3.05, 3.63) is 222 Å². The molecule has 0 amide bonds. The van der Waals surface area contributed by atoms with Crippen LogP contribution in [0, 0.1) is 11.3 Å². The molecule has 1 aromatic heterocycles. The van der Waals surface area contributed by atoms with Crippen molar-refractivity contribution < 1.29 is 4.74 Å². The SMILES string of the molecule is N#Cc1ccccc1-c1ccc2c(c1)C1(c3ccccc3Oc3ccccc31)c1cc(-c3ccc(-c4nc(-c5ccccc5)nc(-c5ccccc5)n4)cc3)ccc1-2. The summed E-state index contributed by atoms with van der Waals surface area (Å²) in [5.41, 5.74) is 13.7. The maximum Gasteiger partial charge on any atom is 0.164 e. The lowest BCUT2D eigenvalue weighted by Crippen LogP contribution is -2.32. The van der Waals surface area contributed by atoms with Gasteiger partial charge in [-0.15, -0.1) is 0 Å². The molecule has 5 nitrogen and oxygen atoms in total. The lowest BCUT2D eigenvalue weighted by molar-refractivity contribution is 0.436. The molecular weight excluding hydrogens is 709 g/mol. The Morgan fingerprint density at radius 1 is 0.362 bits per heavy atom. The number of nitriles is 1. The van der Waals surface area contributed by atoms with Gasteiger partial charge in [-0.2, -0.15) is 5.26 Å². The third-order valence-corrected chi connectivity index (χ3v) is 11.5. The maximum atomic E-state index is 10.1. The fourth-order valence-electron chi connectivity index (χ4n) is 8.83. The molecule has 2 heterocycles. The minimum Gasteiger partial charge on any atom is -0.457 e. The van der Waals surface area contributed by atoms with Crippen molar-refractivity contribution >= 4 is 0 Å². The third-order valence-electron chi connectivity index (χ3n) is 11.5. The third kappa shape index (κ3) is 5.20. The van der Waals surface area contributed by atoms with Crippen molar-refractivity contribution in [2.24, 2.45) is 0 Å². The highest BCUT2D eigenvalue weighted by Gasteiger charge is 2.51. The fourth-order valence-corrected chi connectivity index (χ4v) is 8.83. The molecule has 1 aliphatic heterocycles. The van der Waals surface area contributed by atoms with Gasteiger partial charge in [-0.25, -0.2) is 15.0 Å². The highest BCUT2D eigenvalue weighted by atomic mass is 16.5. The Bertz CT molecular complexity index is 2990. The van der Waals surface area contributed by atoms with Gasteiger partial charge in [0.25, 0.3) is 0 Å². The molecule has 0 radical (unpaired) electrons. The Hall–Kier alpha value is -7.94. The molecular formula is C53H32N4O. The van der Waals surface area contributed by atoms with Gasteiger partial charge in [0.05, 0.1) is 17.0 Å². The predicted molar refractivity (Wildman–Crippen MR) is 229 cm³/mol. The fraction of sp³-hybridized carbons (Fsp3) is 0.0189. The number of hydrogen-bond donors (Lipinski definition) is 0. The number of aromatic nitrogens is 3. The second-order valence-corrected chi connectivity index (χ2v) is 14.6. The summed E-state index contributed by atoms with van der Waals surface area (Å²) in [5.74, 6) is 3.55. The zero-order valence-electron chi connectivity index (χ0n) is 31.2. The number of ether oxygens (including phenoxy) is 1. The molecule has 58 heavy (non-hydrogen) atoms. The molecule has 0 saturated heterocycles. The molecule has 9 aromatic rings. The van der Waals surface area contributed by atoms with Gasteiger partial charge in [-0.05, 0) is 74.8 Å². The first-order chi connectivity index (χ1) is 28.7. The van der Waals surface area contributed by atoms with Gasteiger partial charge in [0, 0.05) is 27.8 Å². The first-order valence-corrected chi connectivity index (χ1v) is 19.3. The predicted octanol–water partition coefficient (Wildman–Crippen LogP) is 12.5. The summed E-state index contributed by atoms with van der Waals surface area (Å²) in [5, 5.41) is 10.1. The van der Waals surface area contributed by atoms with Crippen LogP contribution in [0.3, 0.4) is 0 Å². The molecule has 270 valence electrons. The first kappa shape index (κ1) is 33.4. The minimum absolute atomic E-state index is 0.617. The maximum absolute atomic E-state index is 10.1. The molecule has 0 atom stereocenters. The van der Waals surface area contributed by atoms with Gasteiger partial charge in [0.1, 0.15) is 11.5 Å². The van der Waals surface area contributed by atoms with E-state index in [9.17, 15) is 5.26 Å². The van der Waals surface area contributed by atoms with Crippen LogP contribution >= 0.6 is 0 Å². The molecule has 0 unspecified atom stereocenters. The second-order valence-electron chi connectivity index (χ2n) is 14.6. The number of para-hydroxylation sites is 2. The van der Waals surface area contributed by atoms with E-state index in [1.165, 1.54) is 22.3 Å². The summed E-state index contributed by atoms with van der Waals surface area (Å²) in [7, 11) is 0. The number of hydrogen-bond acceptors (Lipinski definition) is 5. The average Bonchev–Trinajstić information content (AvgIpc) is 3.58. The molecule has 0 bridgehead atoms. The van der Waals surface area contributed by atoms with E-state index >= 15 is 0 Å². The quantitative estimate of drug-likeness (QED) is 0.176. The topological polar surface area (TPSA) is 71.7 Å². The molecule has 0 saturated carbocycles. The summed E-state index contributed by atoms with van der Waals surface area (Å²) < 4.78 is 6.63. The van der Waals surface area contributed by atoms with Crippen molar-refractivity contribution in [2.75, 3.05) is 0 Å². The standard InChI is InChI=1S/C53H32N4O/c54-33-40-17-7-8-18-41(40)39-28-30-43-42-29-27-38(31-46(42)53(47(43)32-39)44-19-9-11-21-48(44)58-49-22-12-10-20-45(49)53)34-23-25-37(26-24-34)52-56-50(35-13-3-1-4-14-35)55-51(57-52)36-15-5-2-6-16-36/h1-32H. The molecule has 2 aliphatic rings. The first-order valence-electron chi connectivity index (χ1n) is 19.3. The highest BCUT2D eigenvalue weighted by Crippen LogP contribution is 2.62. The van der Waals surface area contributed by atoms with E-state index in [-0.39, 0.29) is 0 Å². The Balaban J connectivity index is 1.07. The van der Waals surface area contributed by atoms with E-state index in [4.69, 9.17) is 19.7 Å². The van der Waals surface area contributed by atoms with Crippen LogP contribution in [0.1, 0.15) is 27.8 Å². The largest absolute Gasteiger partial charge is 0.457 e. The van der Waals surface area contributed by atoms with Crippen LogP contribution in [-0.4, -0.2) is 15.0 Å². The lowest BCUT2D eigenvalue weighted by Gasteiger charge is -2.39. The highest BCUT2D eigenvalue weighted by molar-refractivity contribution is 5.92. The van der Waals surface area contributed by atoms with Gasteiger partial charge in [-0.3, -0.25) is 0 Å². The van der Waals surface area contributed by atoms with Crippen molar-refractivity contribution in [3.63, 3.8) is 0 Å². The van der Waals surface area contributed by atoms with Crippen molar-refractivity contribution in [1.29, 1.82) is 5.26 Å². The van der Waals surface area contributed by atoms with E-state index in [0.717, 1.165) is 61.6 Å². The van der Waals surface area contributed by atoms with Gasteiger partial charge >= 0.3 is 0 Å². The second kappa shape index (κ2) is 13.4. The van der Waals surface area contributed by atoms with Gasteiger partial charge < -0.3 is 4.74 Å². The van der Waals surface area contributed by atoms with E-state index < -0.39 is 5.41 Å². The number of nitrogens with zero attached hydrogens (tertiary/aromatic N) is 4. The lowest BCUT2D eigenvalue weighted by atomic mass is 9.65. The van der Waals surface area contributed by atoms with Crippen molar-refractivity contribution in [2.45, 2.75) is 5.41 Å². The van der Waals surface area contributed by atoms with E-state index in [2.05, 4.69) is 103 Å². The van der Waals surface area contributed by atoms with Gasteiger partial charge in [-0.1, -0.05) is 164 Å². The number of benzene rings is 8. The summed E-state index contributed by atoms with van der Waals surface area (Å²) in [6.07, 6.45) is 0. The normalized spacial score (nSPS) is 12.7. The van der Waals surface area contributed by atoms with Crippen LogP contribution in [0.5, 0.6) is 11.5 Å². The molecule has 0 N–H and O–H groups in total. The van der Waals surface area contributed by atoms with Crippen LogP contribution in [0.4, 0.5) is 0 Å². The van der Waals surface area contributed by atoms with Crippen LogP contribution in [0.2, 0.25) is 0 Å². The summed E-state index contributed by atoms with van der Waals surface area (Å²) in [6, 6.07) is 69.1. The zero-order chi connectivity index (χ0) is 38.6. The van der Waals surface area contributed by atoms with Crippen molar-refractivity contribution in [3.8, 4) is 85.1 Å². The molecule has 8 aromatic carbocycles. The Morgan fingerprint density at radius 3 is 1.36 bits per heavy atom. The van der Waals surface area contributed by atoms with Gasteiger partial charge in [0.2, 0.25) is 0 Å². The minimum atomic E-state index is -0.670. The van der Waals surface area contributed by atoms with Crippen LogP contribution in [-0.2, 0) is 5.41 Å². The zero-order valence-corrected chi connectivity index (χ0v) is 31.2. The smallest absolute Gasteiger partial charge is 0.164 e. The summed E-state index contributed by atoms with van der Waals surface area (Å²) in [4.78, 5) is 14.8. The van der Waals surface area contributed by atoms with Crippen LogP contribution in [0.15, 0.2) is 194 Å². The average molecular weight is 741 g/mol. The monoisotopic (exact) mass is 740 g/mol. The number of fused-ring (bicyclic) bond motifs is 9. The molecule has 11 rings (SSSR count). The van der Waals surface area contributed by atoms with Crippen molar-refractivity contribution in [1.82, 2.24) is 15.0 Å². The van der Waals surface area contributed by atoms with E-state index in [0.29, 0.717) is 23.0 Å². The number of rotatable bonds is 5. The van der Waals surface area contributed by atoms with Crippen LogP contribution < -0.4 is 4.74 Å². The molecule has 1 aliphatic carbocycles. The van der Waals surface area contributed by atoms with Gasteiger partial charge in [0.15, 0.2) is 17.5 Å². The summed E-state index contributed by atoms with van der Waals surface area (Å²) in [6.45, 7) is 0. The van der Waals surface area contributed by atoms with E-state index in [1.54, 1.807) is 0 Å².